The number of carbonyl (C=O) groups excluding carboxylic acids is 2. The highest BCUT2D eigenvalue weighted by Crippen LogP contribution is 2.32. The fraction of sp³-hybridized carbons (Fsp3) is 0.412. The lowest BCUT2D eigenvalue weighted by atomic mass is 9.96. The minimum Gasteiger partial charge on any atom is -0.346 e. The first-order valence-electron chi connectivity index (χ1n) is 19.4. The van der Waals surface area contributed by atoms with Gasteiger partial charge < -0.3 is 29.6 Å². The van der Waals surface area contributed by atoms with Crippen LogP contribution in [0.3, 0.4) is 0 Å². The van der Waals surface area contributed by atoms with Crippen molar-refractivity contribution in [1.82, 2.24) is 10.6 Å². The molecule has 402 valence electrons. The normalized spacial score (nSPS) is 25.6. The molecule has 3 aromatic carbocycles. The Balaban J connectivity index is 1.49. The molecule has 0 bridgehead atoms. The third-order valence-electron chi connectivity index (χ3n) is 9.50. The third-order valence-corrected chi connectivity index (χ3v) is 12.2. The van der Waals surface area contributed by atoms with Crippen LogP contribution in [0.2, 0.25) is 0 Å². The number of hydrogen-bond acceptors (Lipinski definition) is 24. The summed E-state index contributed by atoms with van der Waals surface area (Å²) in [6.45, 7) is -3.74. The van der Waals surface area contributed by atoms with Crippen LogP contribution in [0.1, 0.15) is 31.8 Å². The molecule has 10 atom stereocenters. The second-order valence-electron chi connectivity index (χ2n) is 14.6. The zero-order valence-corrected chi connectivity index (χ0v) is 40.5. The summed E-state index contributed by atoms with van der Waals surface area (Å²) in [5.74, 6) is -2.57. The Morgan fingerprint density at radius 3 is 1.00 bits per heavy atom. The minimum absolute atomic E-state index is 0.381. The van der Waals surface area contributed by atoms with E-state index in [1.54, 1.807) is 36.4 Å². The molecular formula is C34H40N2O30S6. The Bertz CT molecular complexity index is 2840. The van der Waals surface area contributed by atoms with E-state index in [0.29, 0.717) is 11.1 Å². The Morgan fingerprint density at radius 2 is 0.722 bits per heavy atom. The van der Waals surface area contributed by atoms with Crippen LogP contribution < -0.4 is 10.6 Å². The van der Waals surface area contributed by atoms with E-state index in [2.05, 4.69) is 35.7 Å². The SMILES string of the molecule is O=C(N[C@@H]1[C@@H](OCc2ccccc2)O[C@H](COS(=O)(=O)O)[C@@H](OS(=O)(=O)O)[C@@H]1OS(=O)(=O)O)c1ccc(C(=O)N[C@@H]2[C@@H](OCc3ccccc3)O[C@H](COS(=O)(=O)O)[C@@H](OS(=O)(=O)O)[C@@H]2OS(=O)(=O)O)cc1. The van der Waals surface area contributed by atoms with Crippen molar-refractivity contribution in [2.24, 2.45) is 0 Å². The second-order valence-corrected chi connectivity index (χ2v) is 21.0. The van der Waals surface area contributed by atoms with E-state index in [9.17, 15) is 87.4 Å². The van der Waals surface area contributed by atoms with Crippen molar-refractivity contribution in [3.8, 4) is 0 Å². The molecule has 72 heavy (non-hydrogen) atoms. The first kappa shape index (κ1) is 58.5. The van der Waals surface area contributed by atoms with Crippen molar-refractivity contribution in [2.75, 3.05) is 13.2 Å². The Labute approximate surface area is 409 Å². The zero-order valence-electron chi connectivity index (χ0n) is 35.6. The van der Waals surface area contributed by atoms with Crippen molar-refractivity contribution >= 4 is 74.2 Å². The number of carbonyl (C=O) groups is 2. The van der Waals surface area contributed by atoms with E-state index in [1.165, 1.54) is 24.3 Å². The van der Waals surface area contributed by atoms with Crippen LogP contribution in [0.5, 0.6) is 0 Å². The minimum atomic E-state index is -5.73. The first-order valence-corrected chi connectivity index (χ1v) is 27.6. The van der Waals surface area contributed by atoms with Gasteiger partial charge in [0.15, 0.2) is 12.6 Å². The number of hydrogen-bond donors (Lipinski definition) is 8. The Kier molecular flexibility index (Phi) is 19.4. The van der Waals surface area contributed by atoms with Gasteiger partial charge in [-0.2, -0.15) is 50.5 Å². The summed E-state index contributed by atoms with van der Waals surface area (Å²) < 4.78 is 249. The highest BCUT2D eigenvalue weighted by atomic mass is 32.3. The highest BCUT2D eigenvalue weighted by molar-refractivity contribution is 7.82. The van der Waals surface area contributed by atoms with Gasteiger partial charge in [-0.1, -0.05) is 60.7 Å². The summed E-state index contributed by atoms with van der Waals surface area (Å²) in [5.41, 5.74) is -0.175. The van der Waals surface area contributed by atoms with Crippen LogP contribution in [-0.4, -0.2) is 164 Å². The van der Waals surface area contributed by atoms with Gasteiger partial charge in [0, 0.05) is 11.1 Å². The molecule has 3 aromatic rings. The zero-order chi connectivity index (χ0) is 53.5. The molecular weight excluding hydrogens is 1110 g/mol. The van der Waals surface area contributed by atoms with Gasteiger partial charge in [-0.25, -0.2) is 25.1 Å². The van der Waals surface area contributed by atoms with Gasteiger partial charge in [0.2, 0.25) is 0 Å². The van der Waals surface area contributed by atoms with Gasteiger partial charge in [-0.05, 0) is 35.4 Å². The molecule has 2 fully saturated rings. The smallest absolute Gasteiger partial charge is 0.346 e. The molecule has 0 radical (unpaired) electrons. The molecule has 5 rings (SSSR count). The molecule has 2 aliphatic heterocycles. The van der Waals surface area contributed by atoms with E-state index in [1.807, 2.05) is 0 Å². The fourth-order valence-corrected chi connectivity index (χ4v) is 9.40. The standard InChI is InChI=1S/C34H40N2O30S6/c37-31(35-25-29(65-71(51,52)53)27(63-69(45,46)47)23(17-59-67(39,40)41)61-33(25)57-15-19-7-3-1-4-8-19)21-11-13-22(14-12-21)32(38)36-26-30(66-72(54,55)56)28(64-70(48,49)50)24(18-60-68(42,43)44)62-34(26)58-16-20-9-5-2-6-10-20/h1-14,23-30,33-34H,15-18H2,(H,35,37)(H,36,38)(H,39,40,41)(H,42,43,44)(H,45,46,47)(H,48,49,50)(H,51,52,53)(H,54,55,56)/t23-,24-,25+,26+,27-,28-,29-,30-,33+,34+/m1/s1. The van der Waals surface area contributed by atoms with Gasteiger partial charge in [-0.3, -0.25) is 36.9 Å². The maximum absolute atomic E-state index is 13.9. The van der Waals surface area contributed by atoms with Crippen molar-refractivity contribution in [3.63, 3.8) is 0 Å². The number of amides is 2. The van der Waals surface area contributed by atoms with Gasteiger partial charge in [0.05, 0.1) is 26.4 Å². The van der Waals surface area contributed by atoms with Gasteiger partial charge >= 0.3 is 62.4 Å². The number of benzene rings is 3. The summed E-state index contributed by atoms with van der Waals surface area (Å²) in [7, 11) is -33.6. The van der Waals surface area contributed by atoms with E-state index in [-0.39, 0.29) is 0 Å². The molecule has 0 aromatic heterocycles. The van der Waals surface area contributed by atoms with Gasteiger partial charge in [-0.15, -0.1) is 0 Å². The first-order chi connectivity index (χ1) is 33.2. The summed E-state index contributed by atoms with van der Waals surface area (Å²) in [6, 6.07) is 14.7. The second kappa shape index (κ2) is 23.9. The van der Waals surface area contributed by atoms with Crippen molar-refractivity contribution in [1.29, 1.82) is 0 Å². The van der Waals surface area contributed by atoms with E-state index < -0.39 is 173 Å². The molecule has 0 spiro atoms. The van der Waals surface area contributed by atoms with Gasteiger partial charge in [0.25, 0.3) is 11.8 Å². The molecule has 2 heterocycles. The molecule has 38 heteroatoms. The predicted octanol–water partition coefficient (Wildman–Crippen LogP) is -1.84. The van der Waals surface area contributed by atoms with Crippen LogP contribution in [0.15, 0.2) is 84.9 Å². The molecule has 2 amide bonds. The van der Waals surface area contributed by atoms with Crippen LogP contribution in [-0.2, 0) is 120 Å². The third kappa shape index (κ3) is 19.2. The summed E-state index contributed by atoms with van der Waals surface area (Å²) in [6.07, 6.45) is -18.7. The lowest BCUT2D eigenvalue weighted by Gasteiger charge is -2.44. The largest absolute Gasteiger partial charge is 0.397 e. The average Bonchev–Trinajstić information content (AvgIpc) is 3.25. The molecule has 0 saturated carbocycles. The van der Waals surface area contributed by atoms with Crippen LogP contribution >= 0.6 is 0 Å². The molecule has 32 nitrogen and oxygen atoms in total. The Hall–Kier alpha value is -4.34. The van der Waals surface area contributed by atoms with Crippen LogP contribution in [0.4, 0.5) is 0 Å². The van der Waals surface area contributed by atoms with E-state index in [4.69, 9.17) is 18.9 Å². The van der Waals surface area contributed by atoms with Crippen molar-refractivity contribution < 1.29 is 131 Å². The monoisotopic (exact) mass is 1150 g/mol. The van der Waals surface area contributed by atoms with E-state index >= 15 is 0 Å². The van der Waals surface area contributed by atoms with Crippen molar-refractivity contribution in [2.45, 2.75) is 74.5 Å². The topological polar surface area (TPSA) is 477 Å². The maximum Gasteiger partial charge on any atom is 0.397 e. The number of ether oxygens (including phenoxy) is 4. The van der Waals surface area contributed by atoms with Gasteiger partial charge in [0.1, 0.15) is 48.7 Å². The highest BCUT2D eigenvalue weighted by Gasteiger charge is 2.54. The maximum atomic E-state index is 13.9. The van der Waals surface area contributed by atoms with Crippen LogP contribution in [0.25, 0.3) is 0 Å². The summed E-state index contributed by atoms with van der Waals surface area (Å²) >= 11 is 0. The molecule has 2 saturated heterocycles. The number of rotatable bonds is 24. The fourth-order valence-electron chi connectivity index (χ4n) is 6.74. The molecule has 8 N–H and O–H groups in total. The molecule has 2 aliphatic rings. The quantitative estimate of drug-likeness (QED) is 0.0457. The average molecular weight is 1150 g/mol. The molecule has 0 unspecified atom stereocenters. The Morgan fingerprint density at radius 1 is 0.431 bits per heavy atom. The van der Waals surface area contributed by atoms with Crippen LogP contribution in [0, 0.1) is 0 Å². The molecule has 0 aliphatic carbocycles. The van der Waals surface area contributed by atoms with Crippen molar-refractivity contribution in [3.05, 3.63) is 107 Å². The number of nitrogens with one attached hydrogen (secondary N) is 2. The lowest BCUT2D eigenvalue weighted by molar-refractivity contribution is -0.263. The summed E-state index contributed by atoms with van der Waals surface area (Å²) in [4.78, 5) is 27.7. The van der Waals surface area contributed by atoms with E-state index in [0.717, 1.165) is 24.3 Å². The summed E-state index contributed by atoms with van der Waals surface area (Å²) in [5, 5.41) is 4.39. The lowest BCUT2D eigenvalue weighted by Crippen LogP contribution is -2.66. The predicted molar refractivity (Wildman–Crippen MR) is 229 cm³/mol.